The van der Waals surface area contributed by atoms with Crippen molar-refractivity contribution in [2.75, 3.05) is 6.61 Å². The summed E-state index contributed by atoms with van der Waals surface area (Å²) < 4.78 is 0. The van der Waals surface area contributed by atoms with E-state index >= 15 is 0 Å². The van der Waals surface area contributed by atoms with E-state index in [2.05, 4.69) is 0 Å². The number of Topliss-reactive ketones (excluding diaryl/α,β-unsaturated/α-hetero) is 1. The summed E-state index contributed by atoms with van der Waals surface area (Å²) in [5.41, 5.74) is 0. The van der Waals surface area contributed by atoms with Gasteiger partial charge in [-0.05, 0) is 6.92 Å². The second kappa shape index (κ2) is 6.51. The Morgan fingerprint density at radius 2 is 2.14 bits per heavy atom. The first-order valence-electron chi connectivity index (χ1n) is 1.87. The predicted molar refractivity (Wildman–Crippen MR) is 22.4 cm³/mol. The molecule has 0 amide bonds. The Morgan fingerprint density at radius 1 is 1.71 bits per heavy atom. The summed E-state index contributed by atoms with van der Waals surface area (Å²) in [6.07, 6.45) is 0.292. The van der Waals surface area contributed by atoms with Gasteiger partial charge in [-0.1, -0.05) is 0 Å². The predicted octanol–water partition coefficient (Wildman–Crippen LogP) is -0.0447. The van der Waals surface area contributed by atoms with Crippen LogP contribution in [0.5, 0.6) is 0 Å². The van der Waals surface area contributed by atoms with Crippen LogP contribution in [-0.2, 0) is 31.0 Å². The third kappa shape index (κ3) is 10.7. The molecule has 0 aliphatic rings. The molecule has 40 valence electrons. The van der Waals surface area contributed by atoms with Gasteiger partial charge in [0.2, 0.25) is 0 Å². The number of hydrogen-bond donors (Lipinski definition) is 1. The smallest absolute Gasteiger partial charge is 0.132 e. The molecule has 0 rings (SSSR count). The van der Waals surface area contributed by atoms with Crippen molar-refractivity contribution in [2.45, 2.75) is 13.3 Å². The Balaban J connectivity index is 0. The summed E-state index contributed by atoms with van der Waals surface area (Å²) in [7, 11) is 0. The van der Waals surface area contributed by atoms with Gasteiger partial charge in [0, 0.05) is 39.2 Å². The molecule has 0 atom stereocenters. The van der Waals surface area contributed by atoms with Crippen molar-refractivity contribution in [3.8, 4) is 0 Å². The molecule has 0 radical (unpaired) electrons. The van der Waals surface area contributed by atoms with E-state index in [1.165, 1.54) is 6.92 Å². The first-order valence-corrected chi connectivity index (χ1v) is 1.87. The van der Waals surface area contributed by atoms with Crippen LogP contribution in [0, 0.1) is 0 Å². The molecule has 0 saturated heterocycles. The first kappa shape index (κ1) is 10.5. The maximum atomic E-state index is 9.88. The maximum absolute atomic E-state index is 9.88. The van der Waals surface area contributed by atoms with Crippen molar-refractivity contribution < 1.29 is 36.1 Å². The summed E-state index contributed by atoms with van der Waals surface area (Å²) in [6.45, 7) is 1.44. The van der Waals surface area contributed by atoms with Crippen LogP contribution in [0.3, 0.4) is 0 Å². The average molecular weight is 179 g/mol. The fraction of sp³-hybridized carbons (Fsp3) is 0.750. The molecule has 0 aromatic carbocycles. The molecule has 1 N–H and O–H groups in total. The summed E-state index contributed by atoms with van der Waals surface area (Å²) in [5, 5.41) is 8.02. The van der Waals surface area contributed by atoms with E-state index in [0.717, 1.165) is 0 Å². The van der Waals surface area contributed by atoms with Crippen molar-refractivity contribution in [2.24, 2.45) is 0 Å². The molecular weight excluding hydrogens is 171 g/mol. The molecule has 0 unspecified atom stereocenters. The quantitative estimate of drug-likeness (QED) is 0.645. The van der Waals surface area contributed by atoms with E-state index < -0.39 is 0 Å². The third-order valence-electron chi connectivity index (χ3n) is 0.464. The number of aliphatic hydroxyl groups excluding tert-OH is 1. The standard InChI is InChI=1S/C4H8O2.Zr/c1-4(6)2-3-5;/h5H,2-3H2,1H3;. The second-order valence-electron chi connectivity index (χ2n) is 1.18. The van der Waals surface area contributed by atoms with Crippen LogP contribution < -0.4 is 0 Å². The van der Waals surface area contributed by atoms with Crippen molar-refractivity contribution >= 4 is 5.78 Å². The molecule has 0 heterocycles. The molecule has 2 nitrogen and oxygen atoms in total. The maximum Gasteiger partial charge on any atom is 0.132 e. The third-order valence-corrected chi connectivity index (χ3v) is 0.464. The molecular formula is C4H8O2Zr. The minimum atomic E-state index is -0.0185. The zero-order valence-corrected chi connectivity index (χ0v) is 6.73. The van der Waals surface area contributed by atoms with Crippen LogP contribution in [-0.4, -0.2) is 17.5 Å². The molecule has 0 aliphatic heterocycles. The van der Waals surface area contributed by atoms with E-state index in [0.29, 0.717) is 6.42 Å². The van der Waals surface area contributed by atoms with E-state index in [4.69, 9.17) is 5.11 Å². The van der Waals surface area contributed by atoms with Crippen molar-refractivity contribution in [3.63, 3.8) is 0 Å². The Kier molecular flexibility index (Phi) is 9.76. The van der Waals surface area contributed by atoms with Crippen LogP contribution in [0.25, 0.3) is 0 Å². The van der Waals surface area contributed by atoms with E-state index in [1.54, 1.807) is 0 Å². The van der Waals surface area contributed by atoms with E-state index in [9.17, 15) is 4.79 Å². The van der Waals surface area contributed by atoms with Crippen LogP contribution in [0.4, 0.5) is 0 Å². The zero-order valence-electron chi connectivity index (χ0n) is 4.27. The van der Waals surface area contributed by atoms with Gasteiger partial charge in [0.15, 0.2) is 0 Å². The largest absolute Gasteiger partial charge is 0.396 e. The van der Waals surface area contributed by atoms with Crippen molar-refractivity contribution in [1.82, 2.24) is 0 Å². The number of hydrogen-bond acceptors (Lipinski definition) is 2. The molecule has 0 aromatic rings. The first-order chi connectivity index (χ1) is 2.77. The van der Waals surface area contributed by atoms with Gasteiger partial charge in [0.1, 0.15) is 5.78 Å². The molecule has 0 spiro atoms. The summed E-state index contributed by atoms with van der Waals surface area (Å²) in [5.74, 6) is 0.0394. The average Bonchev–Trinajstić information content (AvgIpc) is 1.35. The van der Waals surface area contributed by atoms with Crippen LogP contribution >= 0.6 is 0 Å². The minimum absolute atomic E-state index is 0. The molecule has 0 saturated carbocycles. The summed E-state index contributed by atoms with van der Waals surface area (Å²) in [6, 6.07) is 0. The van der Waals surface area contributed by atoms with Gasteiger partial charge < -0.3 is 5.11 Å². The number of carbonyl (C=O) groups excluding carboxylic acids is 1. The SMILES string of the molecule is CC(=O)CCO.[Zr]. The van der Waals surface area contributed by atoms with Gasteiger partial charge in [-0.2, -0.15) is 0 Å². The summed E-state index contributed by atoms with van der Waals surface area (Å²) >= 11 is 0. The number of rotatable bonds is 2. The van der Waals surface area contributed by atoms with E-state index in [1.807, 2.05) is 0 Å². The Morgan fingerprint density at radius 3 is 2.14 bits per heavy atom. The number of aliphatic hydroxyl groups is 1. The molecule has 7 heavy (non-hydrogen) atoms. The van der Waals surface area contributed by atoms with Crippen LogP contribution in [0.15, 0.2) is 0 Å². The van der Waals surface area contributed by atoms with Crippen LogP contribution in [0.2, 0.25) is 0 Å². The second-order valence-corrected chi connectivity index (χ2v) is 1.18. The Bertz CT molecular complexity index is 53.7. The fourth-order valence-corrected chi connectivity index (χ4v) is 0.157. The zero-order chi connectivity index (χ0) is 4.99. The molecule has 3 heteroatoms. The Hall–Kier alpha value is 0.513. The van der Waals surface area contributed by atoms with Crippen molar-refractivity contribution in [3.05, 3.63) is 0 Å². The monoisotopic (exact) mass is 178 g/mol. The van der Waals surface area contributed by atoms with Crippen LogP contribution in [0.1, 0.15) is 13.3 Å². The number of carbonyl (C=O) groups is 1. The minimum Gasteiger partial charge on any atom is -0.396 e. The molecule has 0 aromatic heterocycles. The van der Waals surface area contributed by atoms with Gasteiger partial charge in [0.05, 0.1) is 0 Å². The van der Waals surface area contributed by atoms with Gasteiger partial charge in [-0.15, -0.1) is 0 Å². The van der Waals surface area contributed by atoms with Gasteiger partial charge in [0.25, 0.3) is 0 Å². The van der Waals surface area contributed by atoms with Gasteiger partial charge in [-0.3, -0.25) is 4.79 Å². The topological polar surface area (TPSA) is 37.3 Å². The molecule has 0 aliphatic carbocycles. The van der Waals surface area contributed by atoms with Gasteiger partial charge in [-0.25, -0.2) is 0 Å². The normalized spacial score (nSPS) is 7.14. The number of ketones is 1. The van der Waals surface area contributed by atoms with Gasteiger partial charge >= 0.3 is 0 Å². The molecule has 0 fully saturated rings. The van der Waals surface area contributed by atoms with Crippen molar-refractivity contribution in [1.29, 1.82) is 0 Å². The fourth-order valence-electron chi connectivity index (χ4n) is 0.157. The van der Waals surface area contributed by atoms with E-state index in [-0.39, 0.29) is 38.6 Å². The summed E-state index contributed by atoms with van der Waals surface area (Å²) in [4.78, 5) is 9.88. The Labute approximate surface area is 62.0 Å². The molecule has 0 bridgehead atoms.